The molecule has 0 bridgehead atoms. The number of hydrogen-bond donors (Lipinski definition) is 1. The van der Waals surface area contributed by atoms with E-state index in [4.69, 9.17) is 0 Å². The van der Waals surface area contributed by atoms with Crippen molar-refractivity contribution in [2.45, 2.75) is 0 Å². The van der Waals surface area contributed by atoms with E-state index in [0.717, 1.165) is 16.5 Å². The van der Waals surface area contributed by atoms with E-state index in [1.165, 1.54) is 12.3 Å². The van der Waals surface area contributed by atoms with Crippen molar-refractivity contribution in [3.8, 4) is 11.4 Å². The predicted molar refractivity (Wildman–Crippen MR) is 65.6 cm³/mol. The fraction of sp³-hybridized carbons (Fsp3) is 0. The highest BCUT2D eigenvalue weighted by molar-refractivity contribution is 5.92. The number of hydrogen-bond acceptors (Lipinski definition) is 3. The van der Waals surface area contributed by atoms with Gasteiger partial charge >= 0.3 is 0 Å². The molecular formula is C13H9N3O. The minimum Gasteiger partial charge on any atom is -0.307 e. The Kier molecular flexibility index (Phi) is 2.19. The SMILES string of the molecule is O=c1ccnc(-c2ccnc3ccccc23)[nH]1. The quantitative estimate of drug-likeness (QED) is 0.686. The van der Waals surface area contributed by atoms with Crippen LogP contribution in [0.15, 0.2) is 53.6 Å². The minimum absolute atomic E-state index is 0.157. The molecule has 0 aliphatic rings. The lowest BCUT2D eigenvalue weighted by Crippen LogP contribution is -2.06. The van der Waals surface area contributed by atoms with Gasteiger partial charge in [0.25, 0.3) is 5.56 Å². The number of H-pyrrole nitrogens is 1. The lowest BCUT2D eigenvalue weighted by Gasteiger charge is -2.04. The third kappa shape index (κ3) is 1.69. The van der Waals surface area contributed by atoms with Crippen LogP contribution in [0.5, 0.6) is 0 Å². The average Bonchev–Trinajstić information content (AvgIpc) is 2.38. The second kappa shape index (κ2) is 3.83. The monoisotopic (exact) mass is 223 g/mol. The molecule has 0 aliphatic heterocycles. The van der Waals surface area contributed by atoms with Crippen LogP contribution < -0.4 is 5.56 Å². The molecule has 82 valence electrons. The molecule has 1 N–H and O–H groups in total. The van der Waals surface area contributed by atoms with Gasteiger partial charge in [0.15, 0.2) is 0 Å². The molecule has 3 rings (SSSR count). The Bertz CT molecular complexity index is 728. The van der Waals surface area contributed by atoms with Gasteiger partial charge in [-0.25, -0.2) is 4.98 Å². The molecule has 0 saturated heterocycles. The van der Waals surface area contributed by atoms with Gasteiger partial charge in [-0.15, -0.1) is 0 Å². The van der Waals surface area contributed by atoms with E-state index in [-0.39, 0.29) is 5.56 Å². The highest BCUT2D eigenvalue weighted by Crippen LogP contribution is 2.23. The van der Waals surface area contributed by atoms with E-state index in [9.17, 15) is 4.79 Å². The molecule has 1 aromatic carbocycles. The molecule has 2 heterocycles. The molecule has 4 heteroatoms. The lowest BCUT2D eigenvalue weighted by molar-refractivity contribution is 1.13. The summed E-state index contributed by atoms with van der Waals surface area (Å²) in [4.78, 5) is 22.5. The van der Waals surface area contributed by atoms with Crippen molar-refractivity contribution in [1.29, 1.82) is 0 Å². The molecule has 4 nitrogen and oxygen atoms in total. The van der Waals surface area contributed by atoms with Crippen LogP contribution in [0, 0.1) is 0 Å². The number of aromatic amines is 1. The highest BCUT2D eigenvalue weighted by atomic mass is 16.1. The number of benzene rings is 1. The van der Waals surface area contributed by atoms with Crippen LogP contribution in [-0.4, -0.2) is 15.0 Å². The van der Waals surface area contributed by atoms with Gasteiger partial charge in [0.1, 0.15) is 5.82 Å². The van der Waals surface area contributed by atoms with Crippen LogP contribution in [0.2, 0.25) is 0 Å². The Morgan fingerprint density at radius 3 is 2.65 bits per heavy atom. The number of rotatable bonds is 1. The molecule has 0 aliphatic carbocycles. The van der Waals surface area contributed by atoms with E-state index in [0.29, 0.717) is 5.82 Å². The summed E-state index contributed by atoms with van der Waals surface area (Å²) in [5.41, 5.74) is 1.61. The number of pyridine rings is 1. The van der Waals surface area contributed by atoms with Gasteiger partial charge in [0.2, 0.25) is 0 Å². The molecule has 0 unspecified atom stereocenters. The van der Waals surface area contributed by atoms with E-state index in [1.54, 1.807) is 6.20 Å². The summed E-state index contributed by atoms with van der Waals surface area (Å²) in [7, 11) is 0. The second-order valence-electron chi connectivity index (χ2n) is 3.66. The van der Waals surface area contributed by atoms with Crippen molar-refractivity contribution in [3.05, 3.63) is 59.1 Å². The molecule has 0 amide bonds. The van der Waals surface area contributed by atoms with Crippen LogP contribution in [-0.2, 0) is 0 Å². The summed E-state index contributed by atoms with van der Waals surface area (Å²) in [6.07, 6.45) is 3.22. The standard InChI is InChI=1S/C13H9N3O/c17-12-6-8-15-13(16-12)10-5-7-14-11-4-2-1-3-9(10)11/h1-8H,(H,15,16,17). The van der Waals surface area contributed by atoms with Gasteiger partial charge in [0, 0.05) is 29.4 Å². The molecule has 2 aromatic heterocycles. The first-order valence-electron chi connectivity index (χ1n) is 5.24. The summed E-state index contributed by atoms with van der Waals surface area (Å²) in [6.45, 7) is 0. The molecule has 0 radical (unpaired) electrons. The Morgan fingerprint density at radius 2 is 1.76 bits per heavy atom. The van der Waals surface area contributed by atoms with Gasteiger partial charge in [-0.05, 0) is 12.1 Å². The fourth-order valence-corrected chi connectivity index (χ4v) is 1.81. The van der Waals surface area contributed by atoms with Crippen LogP contribution in [0.25, 0.3) is 22.3 Å². The molecule has 0 atom stereocenters. The molecule has 0 saturated carbocycles. The van der Waals surface area contributed by atoms with Gasteiger partial charge < -0.3 is 4.98 Å². The summed E-state index contributed by atoms with van der Waals surface area (Å²) in [5.74, 6) is 0.566. The normalized spacial score (nSPS) is 10.6. The third-order valence-corrected chi connectivity index (χ3v) is 2.58. The molecule has 17 heavy (non-hydrogen) atoms. The van der Waals surface area contributed by atoms with Crippen molar-refractivity contribution in [1.82, 2.24) is 15.0 Å². The number of aromatic nitrogens is 3. The zero-order valence-corrected chi connectivity index (χ0v) is 8.92. The third-order valence-electron chi connectivity index (χ3n) is 2.58. The lowest BCUT2D eigenvalue weighted by atomic mass is 10.1. The second-order valence-corrected chi connectivity index (χ2v) is 3.66. The summed E-state index contributed by atoms with van der Waals surface area (Å²) >= 11 is 0. The first-order valence-corrected chi connectivity index (χ1v) is 5.24. The topological polar surface area (TPSA) is 58.6 Å². The smallest absolute Gasteiger partial charge is 0.251 e. The van der Waals surface area contributed by atoms with Crippen LogP contribution in [0.4, 0.5) is 0 Å². The van der Waals surface area contributed by atoms with Gasteiger partial charge in [-0.2, -0.15) is 0 Å². The van der Waals surface area contributed by atoms with Gasteiger partial charge in [0.05, 0.1) is 5.52 Å². The minimum atomic E-state index is -0.157. The Morgan fingerprint density at radius 1 is 0.941 bits per heavy atom. The van der Waals surface area contributed by atoms with E-state index in [2.05, 4.69) is 15.0 Å². The van der Waals surface area contributed by atoms with Gasteiger partial charge in [-0.3, -0.25) is 9.78 Å². The molecule has 3 aromatic rings. The number of nitrogens with zero attached hydrogens (tertiary/aromatic N) is 2. The zero-order chi connectivity index (χ0) is 11.7. The maximum Gasteiger partial charge on any atom is 0.251 e. The van der Waals surface area contributed by atoms with Crippen molar-refractivity contribution < 1.29 is 0 Å². The van der Waals surface area contributed by atoms with Crippen molar-refractivity contribution in [2.75, 3.05) is 0 Å². The maximum absolute atomic E-state index is 11.3. The highest BCUT2D eigenvalue weighted by Gasteiger charge is 2.05. The van der Waals surface area contributed by atoms with Crippen molar-refractivity contribution in [2.24, 2.45) is 0 Å². The average molecular weight is 223 g/mol. The first-order chi connectivity index (χ1) is 8.34. The summed E-state index contributed by atoms with van der Waals surface area (Å²) in [6, 6.07) is 11.0. The zero-order valence-electron chi connectivity index (χ0n) is 8.92. The Hall–Kier alpha value is -2.49. The number of fused-ring (bicyclic) bond motifs is 1. The summed E-state index contributed by atoms with van der Waals surface area (Å²) in [5, 5.41) is 0.976. The number of para-hydroxylation sites is 1. The Labute approximate surface area is 97.0 Å². The predicted octanol–water partition coefficient (Wildman–Crippen LogP) is 1.99. The Balaban J connectivity index is 2.34. The van der Waals surface area contributed by atoms with Crippen LogP contribution in [0.3, 0.4) is 0 Å². The number of nitrogens with one attached hydrogen (secondary N) is 1. The first kappa shape index (κ1) is 9.72. The molecule has 0 fully saturated rings. The van der Waals surface area contributed by atoms with E-state index >= 15 is 0 Å². The van der Waals surface area contributed by atoms with E-state index in [1.807, 2.05) is 30.3 Å². The molecular weight excluding hydrogens is 214 g/mol. The van der Waals surface area contributed by atoms with Crippen molar-refractivity contribution in [3.63, 3.8) is 0 Å². The van der Waals surface area contributed by atoms with Crippen LogP contribution in [0.1, 0.15) is 0 Å². The van der Waals surface area contributed by atoms with Crippen LogP contribution >= 0.6 is 0 Å². The van der Waals surface area contributed by atoms with Gasteiger partial charge in [-0.1, -0.05) is 18.2 Å². The summed E-state index contributed by atoms with van der Waals surface area (Å²) < 4.78 is 0. The van der Waals surface area contributed by atoms with E-state index < -0.39 is 0 Å². The van der Waals surface area contributed by atoms with Crippen molar-refractivity contribution >= 4 is 10.9 Å². The fourth-order valence-electron chi connectivity index (χ4n) is 1.81. The molecule has 0 spiro atoms. The maximum atomic E-state index is 11.3. The largest absolute Gasteiger partial charge is 0.307 e.